The molecular weight excluding hydrogens is 242 g/mol. The molecule has 0 aromatic heterocycles. The van der Waals surface area contributed by atoms with E-state index in [1.54, 1.807) is 6.07 Å². The minimum absolute atomic E-state index is 0.330. The van der Waals surface area contributed by atoms with E-state index in [0.717, 1.165) is 23.0 Å². The van der Waals surface area contributed by atoms with Gasteiger partial charge in [-0.25, -0.2) is 0 Å². The van der Waals surface area contributed by atoms with Crippen molar-refractivity contribution in [3.8, 4) is 5.75 Å². The Bertz CT molecular complexity index is 321. The lowest BCUT2D eigenvalue weighted by Crippen LogP contribution is -2.26. The van der Waals surface area contributed by atoms with Crippen LogP contribution in [0.2, 0.25) is 0 Å². The van der Waals surface area contributed by atoms with E-state index in [1.807, 2.05) is 12.1 Å². The summed E-state index contributed by atoms with van der Waals surface area (Å²) in [5, 5.41) is 13.2. The summed E-state index contributed by atoms with van der Waals surface area (Å²) in [4.78, 5) is 0. The van der Waals surface area contributed by atoms with Gasteiger partial charge in [0.15, 0.2) is 0 Å². The molecular formula is C11H14BrNO. The van der Waals surface area contributed by atoms with Crippen molar-refractivity contribution in [3.63, 3.8) is 0 Å². The van der Waals surface area contributed by atoms with Crippen molar-refractivity contribution in [1.29, 1.82) is 0 Å². The summed E-state index contributed by atoms with van der Waals surface area (Å²) < 4.78 is 0.926. The highest BCUT2D eigenvalue weighted by Gasteiger charge is 2.17. The topological polar surface area (TPSA) is 32.3 Å². The van der Waals surface area contributed by atoms with Gasteiger partial charge in [0.25, 0.3) is 0 Å². The van der Waals surface area contributed by atoms with E-state index >= 15 is 0 Å². The van der Waals surface area contributed by atoms with Gasteiger partial charge in [-0.3, -0.25) is 0 Å². The lowest BCUT2D eigenvalue weighted by Gasteiger charge is -2.24. The fourth-order valence-corrected chi connectivity index (χ4v) is 2.28. The van der Waals surface area contributed by atoms with Crippen molar-refractivity contribution in [1.82, 2.24) is 5.32 Å². The molecule has 0 spiro atoms. The van der Waals surface area contributed by atoms with Gasteiger partial charge in [0.2, 0.25) is 0 Å². The molecule has 1 heterocycles. The van der Waals surface area contributed by atoms with Crippen molar-refractivity contribution in [2.75, 3.05) is 6.54 Å². The molecule has 0 saturated carbocycles. The van der Waals surface area contributed by atoms with Crippen LogP contribution in [-0.2, 0) is 0 Å². The Kier molecular flexibility index (Phi) is 3.08. The molecule has 2 N–H and O–H groups in total. The van der Waals surface area contributed by atoms with Crippen molar-refractivity contribution < 1.29 is 5.11 Å². The minimum Gasteiger partial charge on any atom is -0.508 e. The van der Waals surface area contributed by atoms with Gasteiger partial charge >= 0.3 is 0 Å². The van der Waals surface area contributed by atoms with Gasteiger partial charge in [-0.05, 0) is 31.5 Å². The van der Waals surface area contributed by atoms with Crippen molar-refractivity contribution in [2.45, 2.75) is 25.3 Å². The third-order valence-electron chi connectivity index (χ3n) is 2.68. The molecule has 1 aliphatic heterocycles. The zero-order valence-electron chi connectivity index (χ0n) is 7.96. The lowest BCUT2D eigenvalue weighted by atomic mass is 9.97. The van der Waals surface area contributed by atoms with E-state index < -0.39 is 0 Å². The van der Waals surface area contributed by atoms with Gasteiger partial charge < -0.3 is 10.4 Å². The predicted molar refractivity (Wildman–Crippen MR) is 60.4 cm³/mol. The molecule has 0 amide bonds. The number of nitrogens with one attached hydrogen (secondary N) is 1. The molecule has 1 aromatic rings. The first-order valence-electron chi connectivity index (χ1n) is 4.99. The molecule has 0 radical (unpaired) electrons. The summed E-state index contributed by atoms with van der Waals surface area (Å²) in [6.07, 6.45) is 3.61. The molecule has 1 aromatic carbocycles. The van der Waals surface area contributed by atoms with E-state index in [-0.39, 0.29) is 0 Å². The zero-order valence-corrected chi connectivity index (χ0v) is 9.55. The second-order valence-electron chi connectivity index (χ2n) is 3.71. The summed E-state index contributed by atoms with van der Waals surface area (Å²) in [5.74, 6) is 0.388. The Morgan fingerprint density at radius 1 is 1.36 bits per heavy atom. The second kappa shape index (κ2) is 4.32. The number of phenols is 1. The highest BCUT2D eigenvalue weighted by Crippen LogP contribution is 2.31. The summed E-state index contributed by atoms with van der Waals surface area (Å²) in [5.41, 5.74) is 1.02. The number of halogens is 1. The maximum absolute atomic E-state index is 9.77. The number of rotatable bonds is 1. The first-order valence-corrected chi connectivity index (χ1v) is 5.78. The summed E-state index contributed by atoms with van der Waals surface area (Å²) in [7, 11) is 0. The molecule has 1 aliphatic rings. The van der Waals surface area contributed by atoms with E-state index in [9.17, 15) is 5.11 Å². The molecule has 0 aliphatic carbocycles. The lowest BCUT2D eigenvalue weighted by molar-refractivity contribution is 0.391. The van der Waals surface area contributed by atoms with Crippen LogP contribution in [0.15, 0.2) is 22.7 Å². The maximum atomic E-state index is 9.77. The van der Waals surface area contributed by atoms with Crippen LogP contribution in [-0.4, -0.2) is 11.7 Å². The number of aromatic hydroxyl groups is 1. The maximum Gasteiger partial charge on any atom is 0.121 e. The van der Waals surface area contributed by atoms with Crippen LogP contribution < -0.4 is 5.32 Å². The van der Waals surface area contributed by atoms with E-state index in [2.05, 4.69) is 21.2 Å². The highest BCUT2D eigenvalue weighted by molar-refractivity contribution is 9.10. The van der Waals surface area contributed by atoms with Crippen LogP contribution >= 0.6 is 15.9 Å². The van der Waals surface area contributed by atoms with Crippen LogP contribution in [0.3, 0.4) is 0 Å². The Hall–Kier alpha value is -0.540. The molecule has 14 heavy (non-hydrogen) atoms. The molecule has 2 nitrogen and oxygen atoms in total. The van der Waals surface area contributed by atoms with Crippen LogP contribution in [0.1, 0.15) is 30.9 Å². The van der Waals surface area contributed by atoms with E-state index in [0.29, 0.717) is 11.8 Å². The summed E-state index contributed by atoms with van der Waals surface area (Å²) in [6, 6.07) is 6.05. The zero-order chi connectivity index (χ0) is 9.97. The summed E-state index contributed by atoms with van der Waals surface area (Å²) in [6.45, 7) is 1.06. The van der Waals surface area contributed by atoms with Gasteiger partial charge in [-0.1, -0.05) is 28.4 Å². The number of phenolic OH excluding ortho intramolecular Hbond substituents is 1. The largest absolute Gasteiger partial charge is 0.508 e. The Labute approximate surface area is 92.5 Å². The normalized spacial score (nSPS) is 22.2. The quantitative estimate of drug-likeness (QED) is 0.809. The third kappa shape index (κ3) is 2.10. The SMILES string of the molecule is Oc1cc(Br)ccc1[C@H]1CCCCN1. The Morgan fingerprint density at radius 3 is 2.86 bits per heavy atom. The van der Waals surface area contributed by atoms with Crippen LogP contribution in [0.4, 0.5) is 0 Å². The van der Waals surface area contributed by atoms with Crippen molar-refractivity contribution in [2.24, 2.45) is 0 Å². The average molecular weight is 256 g/mol. The van der Waals surface area contributed by atoms with Crippen molar-refractivity contribution in [3.05, 3.63) is 28.2 Å². The average Bonchev–Trinajstić information content (AvgIpc) is 2.19. The molecule has 1 saturated heterocycles. The third-order valence-corrected chi connectivity index (χ3v) is 3.17. The van der Waals surface area contributed by atoms with Gasteiger partial charge in [-0.15, -0.1) is 0 Å². The predicted octanol–water partition coefficient (Wildman–Crippen LogP) is 2.97. The number of hydrogen-bond donors (Lipinski definition) is 2. The van der Waals surface area contributed by atoms with Crippen LogP contribution in [0.25, 0.3) is 0 Å². The molecule has 0 unspecified atom stereocenters. The van der Waals surface area contributed by atoms with Crippen molar-refractivity contribution >= 4 is 15.9 Å². The first-order chi connectivity index (χ1) is 6.77. The fraction of sp³-hybridized carbons (Fsp3) is 0.455. The monoisotopic (exact) mass is 255 g/mol. The highest BCUT2D eigenvalue weighted by atomic mass is 79.9. The van der Waals surface area contributed by atoms with Gasteiger partial charge in [0.1, 0.15) is 5.75 Å². The molecule has 3 heteroatoms. The first kappa shape index (κ1) is 9.99. The van der Waals surface area contributed by atoms with Gasteiger partial charge in [-0.2, -0.15) is 0 Å². The van der Waals surface area contributed by atoms with Crippen LogP contribution in [0, 0.1) is 0 Å². The Morgan fingerprint density at radius 2 is 2.21 bits per heavy atom. The molecule has 0 bridgehead atoms. The molecule has 1 fully saturated rings. The van der Waals surface area contributed by atoms with E-state index in [1.165, 1.54) is 12.8 Å². The van der Waals surface area contributed by atoms with Crippen LogP contribution in [0.5, 0.6) is 5.75 Å². The standard InChI is InChI=1S/C11H14BrNO/c12-8-4-5-9(11(14)7-8)10-3-1-2-6-13-10/h4-5,7,10,13-14H,1-3,6H2/t10-/m1/s1. The number of benzene rings is 1. The van der Waals surface area contributed by atoms with Gasteiger partial charge in [0, 0.05) is 16.1 Å². The van der Waals surface area contributed by atoms with Gasteiger partial charge in [0.05, 0.1) is 0 Å². The smallest absolute Gasteiger partial charge is 0.121 e. The molecule has 2 rings (SSSR count). The fourth-order valence-electron chi connectivity index (χ4n) is 1.93. The summed E-state index contributed by atoms with van der Waals surface area (Å²) >= 11 is 3.34. The second-order valence-corrected chi connectivity index (χ2v) is 4.62. The molecule has 76 valence electrons. The number of piperidine rings is 1. The number of hydrogen-bond acceptors (Lipinski definition) is 2. The van der Waals surface area contributed by atoms with E-state index in [4.69, 9.17) is 0 Å². The Balaban J connectivity index is 2.22. The minimum atomic E-state index is 0.330. The molecule has 1 atom stereocenters.